The summed E-state index contributed by atoms with van der Waals surface area (Å²) in [5, 5.41) is 3.50. The van der Waals surface area contributed by atoms with E-state index < -0.39 is 29.2 Å². The number of para-hydroxylation sites is 1. The molecule has 174 valence electrons. The number of halogens is 2. The fourth-order valence-electron chi connectivity index (χ4n) is 6.10. The van der Waals surface area contributed by atoms with Crippen LogP contribution in [0.25, 0.3) is 6.08 Å². The molecule has 0 radical (unpaired) electrons. The van der Waals surface area contributed by atoms with Gasteiger partial charge in [0.05, 0.1) is 18.0 Å². The van der Waals surface area contributed by atoms with E-state index in [1.165, 1.54) is 31.2 Å². The van der Waals surface area contributed by atoms with Gasteiger partial charge in [-0.15, -0.1) is 0 Å². The predicted molar refractivity (Wildman–Crippen MR) is 132 cm³/mol. The van der Waals surface area contributed by atoms with Crippen LogP contribution in [0.15, 0.2) is 72.8 Å². The summed E-state index contributed by atoms with van der Waals surface area (Å²) in [6.07, 6.45) is 3.77. The van der Waals surface area contributed by atoms with E-state index in [9.17, 15) is 18.8 Å². The summed E-state index contributed by atoms with van der Waals surface area (Å²) >= 11 is 6.23. The molecule has 1 amide bonds. The number of nitrogens with zero attached hydrogens (tertiary/aromatic N) is 1. The zero-order valence-electron chi connectivity index (χ0n) is 18.7. The van der Waals surface area contributed by atoms with Crippen molar-refractivity contribution in [2.45, 2.75) is 24.4 Å². The third-order valence-electron chi connectivity index (χ3n) is 7.42. The van der Waals surface area contributed by atoms with E-state index in [1.807, 2.05) is 41.3 Å². The van der Waals surface area contributed by atoms with Gasteiger partial charge in [0.1, 0.15) is 11.2 Å². The maximum atomic E-state index is 14.2. The van der Waals surface area contributed by atoms with Crippen molar-refractivity contribution in [3.05, 3.63) is 100 Å². The monoisotopic (exact) mass is 486 g/mol. The van der Waals surface area contributed by atoms with Gasteiger partial charge in [-0.3, -0.25) is 14.4 Å². The average molecular weight is 487 g/mol. The molecule has 1 N–H and O–H groups in total. The minimum Gasteiger partial charge on any atom is -0.352 e. The number of anilines is 2. The van der Waals surface area contributed by atoms with Gasteiger partial charge in [-0.05, 0) is 66.6 Å². The molecule has 7 heteroatoms. The summed E-state index contributed by atoms with van der Waals surface area (Å²) < 4.78 is 13.7. The molecular weight excluding hydrogens is 467 g/mol. The van der Waals surface area contributed by atoms with Crippen molar-refractivity contribution in [1.29, 1.82) is 0 Å². The zero-order valence-corrected chi connectivity index (χ0v) is 19.4. The van der Waals surface area contributed by atoms with Crippen molar-refractivity contribution >= 4 is 46.5 Å². The fourth-order valence-corrected chi connectivity index (χ4v) is 6.28. The second-order valence-electron chi connectivity index (χ2n) is 9.19. The molecule has 5 nitrogen and oxygen atoms in total. The number of hydrogen-bond donors (Lipinski definition) is 1. The summed E-state index contributed by atoms with van der Waals surface area (Å²) in [4.78, 5) is 43.3. The first-order valence-electron chi connectivity index (χ1n) is 11.3. The van der Waals surface area contributed by atoms with Crippen molar-refractivity contribution in [1.82, 2.24) is 0 Å². The van der Waals surface area contributed by atoms with Crippen LogP contribution < -0.4 is 10.2 Å². The lowest BCUT2D eigenvalue weighted by Gasteiger charge is -2.37. The zero-order chi connectivity index (χ0) is 24.5. The van der Waals surface area contributed by atoms with Gasteiger partial charge in [-0.25, -0.2) is 4.39 Å². The molecule has 1 unspecified atom stereocenters. The van der Waals surface area contributed by atoms with Crippen LogP contribution in [-0.2, 0) is 15.0 Å². The van der Waals surface area contributed by atoms with Gasteiger partial charge in [0.25, 0.3) is 0 Å². The van der Waals surface area contributed by atoms with Gasteiger partial charge in [0.2, 0.25) is 5.91 Å². The molecule has 0 aromatic heterocycles. The lowest BCUT2D eigenvalue weighted by atomic mass is 9.64. The fraction of sp³-hybridized carbons (Fsp3) is 0.179. The van der Waals surface area contributed by atoms with Gasteiger partial charge in [-0.2, -0.15) is 0 Å². The Morgan fingerprint density at radius 1 is 1.06 bits per heavy atom. The molecule has 4 atom stereocenters. The second kappa shape index (κ2) is 7.62. The molecule has 3 heterocycles. The highest BCUT2D eigenvalue weighted by atomic mass is 35.5. The number of benzene rings is 3. The highest BCUT2D eigenvalue weighted by molar-refractivity contribution is 6.31. The average Bonchev–Trinajstić information content (AvgIpc) is 3.32. The Balaban J connectivity index is 1.65. The van der Waals surface area contributed by atoms with Crippen LogP contribution in [-0.4, -0.2) is 29.6 Å². The second-order valence-corrected chi connectivity index (χ2v) is 9.62. The number of ketones is 2. The molecule has 0 saturated carbocycles. The van der Waals surface area contributed by atoms with Crippen LogP contribution in [0, 0.1) is 11.7 Å². The van der Waals surface area contributed by atoms with E-state index >= 15 is 0 Å². The molecule has 3 aliphatic heterocycles. The van der Waals surface area contributed by atoms with Crippen LogP contribution >= 0.6 is 11.6 Å². The number of amides is 1. The third kappa shape index (κ3) is 2.89. The lowest BCUT2D eigenvalue weighted by Crippen LogP contribution is -2.51. The van der Waals surface area contributed by atoms with Crippen LogP contribution in [0.5, 0.6) is 0 Å². The summed E-state index contributed by atoms with van der Waals surface area (Å²) in [5.41, 5.74) is 1.72. The maximum Gasteiger partial charge on any atom is 0.238 e. The number of carbonyl (C=O) groups excluding carboxylic acids is 3. The van der Waals surface area contributed by atoms with E-state index in [0.717, 1.165) is 11.3 Å². The van der Waals surface area contributed by atoms with Gasteiger partial charge < -0.3 is 10.2 Å². The molecular formula is C28H20ClFN2O3. The first-order chi connectivity index (χ1) is 16.8. The summed E-state index contributed by atoms with van der Waals surface area (Å²) in [7, 11) is 0. The normalized spacial score (nSPS) is 25.7. The van der Waals surface area contributed by atoms with Gasteiger partial charge >= 0.3 is 0 Å². The Morgan fingerprint density at radius 2 is 1.80 bits per heavy atom. The van der Waals surface area contributed by atoms with Gasteiger partial charge in [0, 0.05) is 22.0 Å². The number of fused-ring (bicyclic) bond motifs is 6. The van der Waals surface area contributed by atoms with Crippen LogP contribution in [0.4, 0.5) is 15.8 Å². The molecule has 35 heavy (non-hydrogen) atoms. The molecule has 0 bridgehead atoms. The number of rotatable bonds is 3. The number of hydrogen-bond acceptors (Lipinski definition) is 4. The van der Waals surface area contributed by atoms with Crippen molar-refractivity contribution in [2.24, 2.45) is 5.92 Å². The lowest BCUT2D eigenvalue weighted by molar-refractivity contribution is -0.122. The molecule has 0 aliphatic carbocycles. The molecule has 3 aromatic rings. The molecule has 6 rings (SSSR count). The Morgan fingerprint density at radius 3 is 2.54 bits per heavy atom. The van der Waals surface area contributed by atoms with Crippen LogP contribution in [0.2, 0.25) is 5.02 Å². The highest BCUT2D eigenvalue weighted by Gasteiger charge is 2.69. The topological polar surface area (TPSA) is 66.5 Å². The minimum atomic E-state index is -1.35. The van der Waals surface area contributed by atoms with Crippen LogP contribution in [0.3, 0.4) is 0 Å². The largest absolute Gasteiger partial charge is 0.352 e. The molecule has 1 fully saturated rings. The minimum absolute atomic E-state index is 0.235. The highest BCUT2D eigenvalue weighted by Crippen LogP contribution is 2.57. The van der Waals surface area contributed by atoms with E-state index in [0.29, 0.717) is 16.3 Å². The van der Waals surface area contributed by atoms with Crippen molar-refractivity contribution in [3.8, 4) is 0 Å². The van der Waals surface area contributed by atoms with Crippen molar-refractivity contribution in [2.75, 3.05) is 10.2 Å². The first kappa shape index (κ1) is 21.7. The number of nitrogens with one attached hydrogen (secondary N) is 1. The number of carbonyl (C=O) groups is 3. The van der Waals surface area contributed by atoms with Crippen LogP contribution in [0.1, 0.15) is 28.4 Å². The Kier molecular flexibility index (Phi) is 4.73. The van der Waals surface area contributed by atoms with Gasteiger partial charge in [0.15, 0.2) is 11.6 Å². The Labute approximate surface area is 206 Å². The summed E-state index contributed by atoms with van der Waals surface area (Å²) in [6.45, 7) is 1.44. The van der Waals surface area contributed by atoms with Crippen molar-refractivity contribution in [3.63, 3.8) is 0 Å². The smallest absolute Gasteiger partial charge is 0.238 e. The molecule has 3 aliphatic rings. The van der Waals surface area contributed by atoms with E-state index in [-0.39, 0.29) is 23.0 Å². The van der Waals surface area contributed by atoms with Gasteiger partial charge in [-0.1, -0.05) is 42.0 Å². The molecule has 1 spiro atoms. The third-order valence-corrected chi connectivity index (χ3v) is 7.66. The van der Waals surface area contributed by atoms with E-state index in [2.05, 4.69) is 5.32 Å². The Hall–Kier alpha value is -3.77. The summed E-state index contributed by atoms with van der Waals surface area (Å²) in [5.74, 6) is -2.46. The molecule has 3 aromatic carbocycles. The van der Waals surface area contributed by atoms with Crippen molar-refractivity contribution < 1.29 is 18.8 Å². The standard InChI is InChI=1S/C28H20ClFN2O3/c1-15(33)25-24(26(34)16-6-10-19(30)11-7-16)28(20-4-2-3-5-21(20)31-27(28)35)23-13-8-17-14-18(29)9-12-22(17)32(23)25/h2-14,23-25H,1H3,(H,31,35)/t23?,24-,25-,28+/m0/s1. The first-order valence-corrected chi connectivity index (χ1v) is 11.7. The quantitative estimate of drug-likeness (QED) is 0.527. The number of Topliss-reactive ketones (excluding diaryl/α,β-unsaturated/α-hetero) is 2. The van der Waals surface area contributed by atoms with E-state index in [1.54, 1.807) is 18.2 Å². The maximum absolute atomic E-state index is 14.2. The predicted octanol–water partition coefficient (Wildman–Crippen LogP) is 5.04. The summed E-state index contributed by atoms with van der Waals surface area (Å²) in [6, 6.07) is 16.4. The molecule has 1 saturated heterocycles. The Bertz CT molecular complexity index is 1450. The SMILES string of the molecule is CC(=O)[C@H]1[C@@H](C(=O)c2ccc(F)cc2)[C@]2(C(=O)Nc3ccccc32)C2C=Cc3cc(Cl)ccc3N21. The van der Waals surface area contributed by atoms with E-state index in [4.69, 9.17) is 11.6 Å².